The lowest BCUT2D eigenvalue weighted by molar-refractivity contribution is 1.01. The van der Waals surface area contributed by atoms with Gasteiger partial charge >= 0.3 is 0 Å². The molecule has 2 heterocycles. The molecule has 0 aliphatic rings. The molecule has 0 amide bonds. The topological polar surface area (TPSA) is 66.5 Å². The molecule has 4 rings (SSSR count). The average molecular weight is 342 g/mol. The number of H-pyrrole nitrogens is 1. The molecular weight excluding hydrogens is 330 g/mol. The van der Waals surface area contributed by atoms with Gasteiger partial charge in [-0.3, -0.25) is 5.10 Å². The van der Waals surface area contributed by atoms with Crippen LogP contribution in [0.15, 0.2) is 48.7 Å². The first-order valence-electron chi connectivity index (χ1n) is 7.04. The lowest BCUT2D eigenvalue weighted by atomic mass is 10.2. The number of benzene rings is 2. The normalized spacial score (nSPS) is 11.0. The molecule has 0 fully saturated rings. The molecule has 2 N–H and O–H groups in total. The Morgan fingerprint density at radius 2 is 1.96 bits per heavy atom. The maximum atomic E-state index is 6.40. The molecule has 0 saturated carbocycles. The SMILES string of the molecule is Clc1c(Nc2nnc(Cc3ccccc3)s2)ccc2[nH]ncc12. The number of aromatic nitrogens is 4. The van der Waals surface area contributed by atoms with Crippen LogP contribution >= 0.6 is 22.9 Å². The first-order valence-corrected chi connectivity index (χ1v) is 8.24. The van der Waals surface area contributed by atoms with Crippen LogP contribution in [0, 0.1) is 0 Å². The summed E-state index contributed by atoms with van der Waals surface area (Å²) in [5.41, 5.74) is 2.92. The number of fused-ring (bicyclic) bond motifs is 1. The minimum Gasteiger partial charge on any atom is -0.329 e. The molecule has 0 bridgehead atoms. The van der Waals surface area contributed by atoms with E-state index in [-0.39, 0.29) is 0 Å². The van der Waals surface area contributed by atoms with E-state index in [0.29, 0.717) is 5.02 Å². The first-order chi connectivity index (χ1) is 11.3. The van der Waals surface area contributed by atoms with Crippen LogP contribution in [0.5, 0.6) is 0 Å². The third-order valence-corrected chi connectivity index (χ3v) is 4.71. The fourth-order valence-electron chi connectivity index (χ4n) is 2.34. The van der Waals surface area contributed by atoms with Gasteiger partial charge in [-0.2, -0.15) is 5.10 Å². The van der Waals surface area contributed by atoms with Crippen molar-refractivity contribution in [1.82, 2.24) is 20.4 Å². The van der Waals surface area contributed by atoms with Gasteiger partial charge in [0.1, 0.15) is 5.01 Å². The Kier molecular flexibility index (Phi) is 3.69. The predicted molar refractivity (Wildman–Crippen MR) is 93.5 cm³/mol. The van der Waals surface area contributed by atoms with Gasteiger partial charge in [-0.05, 0) is 17.7 Å². The van der Waals surface area contributed by atoms with Crippen LogP contribution in [0.1, 0.15) is 10.6 Å². The molecule has 5 nitrogen and oxygen atoms in total. The van der Waals surface area contributed by atoms with E-state index in [1.807, 2.05) is 30.3 Å². The van der Waals surface area contributed by atoms with Crippen LogP contribution in [0.25, 0.3) is 10.9 Å². The van der Waals surface area contributed by atoms with E-state index in [1.165, 1.54) is 16.9 Å². The Labute approximate surface area is 141 Å². The lowest BCUT2D eigenvalue weighted by Gasteiger charge is -2.05. The van der Waals surface area contributed by atoms with Crippen LogP contribution < -0.4 is 5.32 Å². The summed E-state index contributed by atoms with van der Waals surface area (Å²) >= 11 is 7.93. The maximum absolute atomic E-state index is 6.40. The van der Waals surface area contributed by atoms with Crippen molar-refractivity contribution < 1.29 is 0 Å². The summed E-state index contributed by atoms with van der Waals surface area (Å²) < 4.78 is 0. The minimum atomic E-state index is 0.621. The highest BCUT2D eigenvalue weighted by molar-refractivity contribution is 7.15. The summed E-state index contributed by atoms with van der Waals surface area (Å²) in [5, 5.41) is 21.7. The summed E-state index contributed by atoms with van der Waals surface area (Å²) in [6.45, 7) is 0. The van der Waals surface area contributed by atoms with E-state index in [2.05, 4.69) is 37.8 Å². The molecule has 0 saturated heterocycles. The number of nitrogens with zero attached hydrogens (tertiary/aromatic N) is 3. The summed E-state index contributed by atoms with van der Waals surface area (Å²) in [6.07, 6.45) is 2.48. The minimum absolute atomic E-state index is 0.621. The predicted octanol–water partition coefficient (Wildman–Crippen LogP) is 4.40. The van der Waals surface area contributed by atoms with Gasteiger partial charge < -0.3 is 5.32 Å². The largest absolute Gasteiger partial charge is 0.329 e. The van der Waals surface area contributed by atoms with Crippen LogP contribution in [-0.2, 0) is 6.42 Å². The smallest absolute Gasteiger partial charge is 0.210 e. The van der Waals surface area contributed by atoms with Gasteiger partial charge in [-0.1, -0.05) is 53.3 Å². The van der Waals surface area contributed by atoms with E-state index in [4.69, 9.17) is 11.6 Å². The van der Waals surface area contributed by atoms with Crippen LogP contribution in [0.2, 0.25) is 5.02 Å². The molecule has 23 heavy (non-hydrogen) atoms. The Bertz CT molecular complexity index is 947. The third-order valence-electron chi connectivity index (χ3n) is 3.47. The second kappa shape index (κ2) is 5.98. The van der Waals surface area contributed by atoms with Crippen LogP contribution in [0.4, 0.5) is 10.8 Å². The highest BCUT2D eigenvalue weighted by atomic mass is 35.5. The lowest BCUT2D eigenvalue weighted by Crippen LogP contribution is -1.90. The monoisotopic (exact) mass is 341 g/mol. The Morgan fingerprint density at radius 3 is 2.83 bits per heavy atom. The van der Waals surface area contributed by atoms with Gasteiger partial charge in [0, 0.05) is 11.8 Å². The summed E-state index contributed by atoms with van der Waals surface area (Å²) in [5.74, 6) is 0. The van der Waals surface area contributed by atoms with Crippen molar-refractivity contribution in [2.75, 3.05) is 5.32 Å². The highest BCUT2D eigenvalue weighted by Crippen LogP contribution is 2.32. The van der Waals surface area contributed by atoms with Crippen molar-refractivity contribution in [3.63, 3.8) is 0 Å². The second-order valence-corrected chi connectivity index (χ2v) is 6.49. The van der Waals surface area contributed by atoms with Crippen LogP contribution in [-0.4, -0.2) is 20.4 Å². The average Bonchev–Trinajstić information content (AvgIpc) is 3.21. The zero-order chi connectivity index (χ0) is 15.6. The fourth-order valence-corrected chi connectivity index (χ4v) is 3.39. The molecule has 0 unspecified atom stereocenters. The standard InChI is InChI=1S/C16H12ClN5S/c17-15-11-9-18-20-12(11)6-7-13(15)19-16-22-21-14(23-16)8-10-4-2-1-3-5-10/h1-7,9H,8H2,(H,18,20)(H,19,22). The number of nitrogens with one attached hydrogen (secondary N) is 2. The Morgan fingerprint density at radius 1 is 1.09 bits per heavy atom. The molecule has 0 spiro atoms. The van der Waals surface area contributed by atoms with Gasteiger partial charge in [-0.15, -0.1) is 10.2 Å². The van der Waals surface area contributed by atoms with E-state index < -0.39 is 0 Å². The number of anilines is 2. The van der Waals surface area contributed by atoms with Crippen molar-refractivity contribution in [3.05, 3.63) is 64.3 Å². The molecule has 2 aromatic heterocycles. The summed E-state index contributed by atoms with van der Waals surface area (Å²) in [7, 11) is 0. The number of aromatic amines is 1. The van der Waals surface area contributed by atoms with Crippen molar-refractivity contribution in [3.8, 4) is 0 Å². The Hall–Kier alpha value is -2.44. The highest BCUT2D eigenvalue weighted by Gasteiger charge is 2.10. The van der Waals surface area contributed by atoms with E-state index in [0.717, 1.165) is 33.2 Å². The van der Waals surface area contributed by atoms with Crippen molar-refractivity contribution in [1.29, 1.82) is 0 Å². The van der Waals surface area contributed by atoms with Gasteiger partial charge in [0.05, 0.1) is 22.4 Å². The summed E-state index contributed by atoms with van der Waals surface area (Å²) in [6, 6.07) is 14.1. The molecule has 4 aromatic rings. The van der Waals surface area contributed by atoms with E-state index in [1.54, 1.807) is 6.20 Å². The molecule has 0 atom stereocenters. The molecule has 0 radical (unpaired) electrons. The van der Waals surface area contributed by atoms with Gasteiger partial charge in [-0.25, -0.2) is 0 Å². The molecule has 0 aliphatic carbocycles. The number of halogens is 1. The number of rotatable bonds is 4. The molecular formula is C16H12ClN5S. The second-order valence-electron chi connectivity index (χ2n) is 5.05. The third kappa shape index (κ3) is 2.91. The molecule has 0 aliphatic heterocycles. The number of hydrogen-bond acceptors (Lipinski definition) is 5. The first kappa shape index (κ1) is 14.2. The molecule has 2 aromatic carbocycles. The fraction of sp³-hybridized carbons (Fsp3) is 0.0625. The Balaban J connectivity index is 1.56. The quantitative estimate of drug-likeness (QED) is 0.577. The van der Waals surface area contributed by atoms with E-state index >= 15 is 0 Å². The van der Waals surface area contributed by atoms with Gasteiger partial charge in [0.15, 0.2) is 0 Å². The molecule has 114 valence electrons. The van der Waals surface area contributed by atoms with Gasteiger partial charge in [0.2, 0.25) is 5.13 Å². The zero-order valence-corrected chi connectivity index (χ0v) is 13.5. The van der Waals surface area contributed by atoms with Crippen molar-refractivity contribution in [2.45, 2.75) is 6.42 Å². The van der Waals surface area contributed by atoms with Gasteiger partial charge in [0.25, 0.3) is 0 Å². The van der Waals surface area contributed by atoms with Crippen LogP contribution in [0.3, 0.4) is 0 Å². The van der Waals surface area contributed by atoms with E-state index in [9.17, 15) is 0 Å². The maximum Gasteiger partial charge on any atom is 0.210 e. The van der Waals surface area contributed by atoms with Crippen molar-refractivity contribution in [2.24, 2.45) is 0 Å². The zero-order valence-electron chi connectivity index (χ0n) is 12.0. The van der Waals surface area contributed by atoms with Crippen molar-refractivity contribution >= 4 is 44.7 Å². The molecule has 7 heteroatoms. The number of hydrogen-bond donors (Lipinski definition) is 2. The summed E-state index contributed by atoms with van der Waals surface area (Å²) in [4.78, 5) is 0.